The monoisotopic (exact) mass is 299 g/mol. The highest BCUT2D eigenvalue weighted by Gasteiger charge is 2.16. The van der Waals surface area contributed by atoms with Gasteiger partial charge in [0.2, 0.25) is 5.91 Å². The van der Waals surface area contributed by atoms with Crippen molar-refractivity contribution in [2.75, 3.05) is 26.4 Å². The lowest BCUT2D eigenvalue weighted by atomic mass is 10.1. The SMILES string of the molecule is CNC(=O)CN(C)C(=O)c1cc(Br)ccc1N. The molecule has 0 fully saturated rings. The van der Waals surface area contributed by atoms with Crippen molar-refractivity contribution >= 4 is 33.4 Å². The Bertz CT molecular complexity index is 448. The minimum Gasteiger partial charge on any atom is -0.398 e. The Hall–Kier alpha value is -1.56. The van der Waals surface area contributed by atoms with E-state index in [4.69, 9.17) is 5.73 Å². The standard InChI is InChI=1S/C11H14BrN3O2/c1-14-10(16)6-15(2)11(17)8-5-7(12)3-4-9(8)13/h3-5H,6,13H2,1-2H3,(H,14,16). The predicted molar refractivity (Wildman–Crippen MR) is 69.6 cm³/mol. The van der Waals surface area contributed by atoms with Crippen molar-refractivity contribution in [3.05, 3.63) is 28.2 Å². The van der Waals surface area contributed by atoms with Gasteiger partial charge < -0.3 is 16.0 Å². The van der Waals surface area contributed by atoms with Gasteiger partial charge in [-0.05, 0) is 18.2 Å². The number of nitrogens with two attached hydrogens (primary N) is 1. The first-order valence-corrected chi connectivity index (χ1v) is 5.76. The molecule has 1 aromatic carbocycles. The van der Waals surface area contributed by atoms with Gasteiger partial charge in [-0.3, -0.25) is 9.59 Å². The number of hydrogen-bond donors (Lipinski definition) is 2. The van der Waals surface area contributed by atoms with Gasteiger partial charge in [0, 0.05) is 24.3 Å². The lowest BCUT2D eigenvalue weighted by molar-refractivity contribution is -0.121. The highest BCUT2D eigenvalue weighted by atomic mass is 79.9. The number of likely N-dealkylation sites (N-methyl/N-ethyl adjacent to an activating group) is 2. The number of hydrogen-bond acceptors (Lipinski definition) is 3. The minimum absolute atomic E-state index is 0.00128. The second kappa shape index (κ2) is 5.67. The van der Waals surface area contributed by atoms with Crippen molar-refractivity contribution in [1.29, 1.82) is 0 Å². The van der Waals surface area contributed by atoms with Crippen molar-refractivity contribution in [2.45, 2.75) is 0 Å². The first-order valence-electron chi connectivity index (χ1n) is 4.96. The maximum absolute atomic E-state index is 12.0. The average Bonchev–Trinajstić information content (AvgIpc) is 2.31. The second-order valence-corrected chi connectivity index (χ2v) is 4.48. The topological polar surface area (TPSA) is 75.4 Å². The van der Waals surface area contributed by atoms with E-state index in [0.29, 0.717) is 11.3 Å². The van der Waals surface area contributed by atoms with Crippen LogP contribution in [0.1, 0.15) is 10.4 Å². The van der Waals surface area contributed by atoms with E-state index >= 15 is 0 Å². The van der Waals surface area contributed by atoms with Gasteiger partial charge >= 0.3 is 0 Å². The Morgan fingerprint density at radius 3 is 2.71 bits per heavy atom. The fourth-order valence-electron chi connectivity index (χ4n) is 1.29. The zero-order valence-electron chi connectivity index (χ0n) is 9.66. The molecule has 0 saturated carbocycles. The van der Waals surface area contributed by atoms with E-state index in [1.54, 1.807) is 25.2 Å². The van der Waals surface area contributed by atoms with Gasteiger partial charge in [0.25, 0.3) is 5.91 Å². The number of rotatable bonds is 3. The molecule has 6 heteroatoms. The molecule has 0 aliphatic carbocycles. The lowest BCUT2D eigenvalue weighted by Crippen LogP contribution is -2.37. The Morgan fingerprint density at radius 2 is 2.12 bits per heavy atom. The number of nitrogens with zero attached hydrogens (tertiary/aromatic N) is 1. The van der Waals surface area contributed by atoms with Crippen LogP contribution in [0, 0.1) is 0 Å². The number of carbonyl (C=O) groups is 2. The Balaban J connectivity index is 2.88. The third kappa shape index (κ3) is 3.45. The Kier molecular flexibility index (Phi) is 4.51. The third-order valence-corrected chi connectivity index (χ3v) is 2.75. The molecule has 0 spiro atoms. The molecular formula is C11H14BrN3O2. The molecule has 0 heterocycles. The van der Waals surface area contributed by atoms with Crippen LogP contribution in [0.5, 0.6) is 0 Å². The van der Waals surface area contributed by atoms with Crippen molar-refractivity contribution in [1.82, 2.24) is 10.2 Å². The van der Waals surface area contributed by atoms with E-state index in [9.17, 15) is 9.59 Å². The van der Waals surface area contributed by atoms with Gasteiger partial charge in [-0.25, -0.2) is 0 Å². The van der Waals surface area contributed by atoms with Gasteiger partial charge in [0.15, 0.2) is 0 Å². The summed E-state index contributed by atoms with van der Waals surface area (Å²) in [4.78, 5) is 24.5. The van der Waals surface area contributed by atoms with Crippen LogP contribution < -0.4 is 11.1 Å². The van der Waals surface area contributed by atoms with Gasteiger partial charge in [0.05, 0.1) is 12.1 Å². The van der Waals surface area contributed by atoms with E-state index < -0.39 is 0 Å². The molecule has 0 saturated heterocycles. The molecule has 1 aromatic rings. The number of carbonyl (C=O) groups excluding carboxylic acids is 2. The first-order chi connectivity index (χ1) is 7.95. The zero-order valence-corrected chi connectivity index (χ0v) is 11.2. The number of benzene rings is 1. The number of anilines is 1. The summed E-state index contributed by atoms with van der Waals surface area (Å²) in [6, 6.07) is 5.04. The molecule has 3 N–H and O–H groups in total. The fourth-order valence-corrected chi connectivity index (χ4v) is 1.65. The maximum Gasteiger partial charge on any atom is 0.256 e. The summed E-state index contributed by atoms with van der Waals surface area (Å²) in [5.74, 6) is -0.512. The highest BCUT2D eigenvalue weighted by Crippen LogP contribution is 2.19. The van der Waals surface area contributed by atoms with Gasteiger partial charge in [0.1, 0.15) is 0 Å². The van der Waals surface area contributed by atoms with Crippen molar-refractivity contribution in [3.8, 4) is 0 Å². The summed E-state index contributed by atoms with van der Waals surface area (Å²) in [7, 11) is 3.08. The largest absolute Gasteiger partial charge is 0.398 e. The quantitative estimate of drug-likeness (QED) is 0.813. The Morgan fingerprint density at radius 1 is 1.47 bits per heavy atom. The van der Waals surface area contributed by atoms with Gasteiger partial charge in [-0.15, -0.1) is 0 Å². The Labute approximate surface area is 108 Å². The van der Waals surface area contributed by atoms with Gasteiger partial charge in [-0.1, -0.05) is 15.9 Å². The number of halogens is 1. The maximum atomic E-state index is 12.0. The lowest BCUT2D eigenvalue weighted by Gasteiger charge is -2.17. The van der Waals surface area contributed by atoms with E-state index in [2.05, 4.69) is 21.2 Å². The summed E-state index contributed by atoms with van der Waals surface area (Å²) in [5.41, 5.74) is 6.49. The molecule has 17 heavy (non-hydrogen) atoms. The summed E-state index contributed by atoms with van der Waals surface area (Å²) < 4.78 is 0.767. The van der Waals surface area contributed by atoms with Crippen LogP contribution in [0.3, 0.4) is 0 Å². The van der Waals surface area contributed by atoms with Crippen LogP contribution in [-0.2, 0) is 4.79 Å². The van der Waals surface area contributed by atoms with E-state index in [-0.39, 0.29) is 18.4 Å². The highest BCUT2D eigenvalue weighted by molar-refractivity contribution is 9.10. The summed E-state index contributed by atoms with van der Waals surface area (Å²) >= 11 is 3.27. The number of amides is 2. The van der Waals surface area contributed by atoms with Crippen LogP contribution >= 0.6 is 15.9 Å². The normalized spacial score (nSPS) is 9.82. The van der Waals surface area contributed by atoms with E-state index in [0.717, 1.165) is 4.47 Å². The molecule has 0 bridgehead atoms. The predicted octanol–water partition coefficient (Wildman–Crippen LogP) is 0.849. The summed E-state index contributed by atoms with van der Waals surface area (Å²) in [6.45, 7) is 0.00128. The molecule has 1 rings (SSSR count). The van der Waals surface area contributed by atoms with Crippen molar-refractivity contribution in [2.24, 2.45) is 0 Å². The molecule has 0 aliphatic heterocycles. The molecular weight excluding hydrogens is 286 g/mol. The van der Waals surface area contributed by atoms with Crippen LogP contribution in [0.2, 0.25) is 0 Å². The number of nitrogen functional groups attached to an aromatic ring is 1. The van der Waals surface area contributed by atoms with E-state index in [1.165, 1.54) is 11.9 Å². The average molecular weight is 300 g/mol. The zero-order chi connectivity index (χ0) is 13.0. The molecule has 0 radical (unpaired) electrons. The van der Waals surface area contributed by atoms with E-state index in [1.807, 2.05) is 0 Å². The molecule has 0 aromatic heterocycles. The van der Waals surface area contributed by atoms with Crippen molar-refractivity contribution < 1.29 is 9.59 Å². The third-order valence-electron chi connectivity index (χ3n) is 2.25. The molecule has 0 unspecified atom stereocenters. The van der Waals surface area contributed by atoms with Crippen LogP contribution in [-0.4, -0.2) is 37.4 Å². The summed E-state index contributed by atoms with van der Waals surface area (Å²) in [5, 5.41) is 2.45. The molecule has 5 nitrogen and oxygen atoms in total. The first kappa shape index (κ1) is 13.5. The molecule has 92 valence electrons. The number of nitrogens with one attached hydrogen (secondary N) is 1. The summed E-state index contributed by atoms with van der Waals surface area (Å²) in [6.07, 6.45) is 0. The fraction of sp³-hybridized carbons (Fsp3) is 0.273. The second-order valence-electron chi connectivity index (χ2n) is 3.57. The minimum atomic E-state index is -0.285. The van der Waals surface area contributed by atoms with Crippen molar-refractivity contribution in [3.63, 3.8) is 0 Å². The smallest absolute Gasteiger partial charge is 0.256 e. The molecule has 0 aliphatic rings. The molecule has 0 atom stereocenters. The van der Waals surface area contributed by atoms with Crippen LogP contribution in [0.4, 0.5) is 5.69 Å². The van der Waals surface area contributed by atoms with Crippen LogP contribution in [0.25, 0.3) is 0 Å². The molecule has 2 amide bonds. The van der Waals surface area contributed by atoms with Crippen LogP contribution in [0.15, 0.2) is 22.7 Å². The van der Waals surface area contributed by atoms with Gasteiger partial charge in [-0.2, -0.15) is 0 Å².